The van der Waals surface area contributed by atoms with Crippen molar-refractivity contribution >= 4 is 6.03 Å². The zero-order valence-electron chi connectivity index (χ0n) is 16.1. The summed E-state index contributed by atoms with van der Waals surface area (Å²) < 4.78 is 0. The van der Waals surface area contributed by atoms with E-state index >= 15 is 0 Å². The zero-order valence-corrected chi connectivity index (χ0v) is 16.1. The van der Waals surface area contributed by atoms with Gasteiger partial charge in [-0.25, -0.2) is 4.79 Å². The van der Waals surface area contributed by atoms with E-state index in [-0.39, 0.29) is 11.4 Å². The van der Waals surface area contributed by atoms with Gasteiger partial charge < -0.3 is 15.5 Å². The molecule has 0 saturated heterocycles. The van der Waals surface area contributed by atoms with Crippen molar-refractivity contribution in [3.05, 3.63) is 48.1 Å². The van der Waals surface area contributed by atoms with E-state index in [0.29, 0.717) is 6.54 Å². The second-order valence-corrected chi connectivity index (χ2v) is 7.54. The number of hydrogen-bond donors (Lipinski definition) is 2. The van der Waals surface area contributed by atoms with Crippen LogP contribution < -0.4 is 10.6 Å². The fraction of sp³-hybridized carbons (Fsp3) is 0.550. The quantitative estimate of drug-likeness (QED) is 0.552. The molecule has 1 rings (SSSR count). The molecule has 1 atom stereocenters. The van der Waals surface area contributed by atoms with Gasteiger partial charge in [0.05, 0.1) is 5.54 Å². The summed E-state index contributed by atoms with van der Waals surface area (Å²) in [6.45, 7) is 13.9. The van der Waals surface area contributed by atoms with E-state index in [1.807, 2.05) is 40.9 Å². The van der Waals surface area contributed by atoms with Gasteiger partial charge >= 0.3 is 6.03 Å². The van der Waals surface area contributed by atoms with Gasteiger partial charge in [0.1, 0.15) is 0 Å². The van der Waals surface area contributed by atoms with Gasteiger partial charge in [-0.1, -0.05) is 42.5 Å². The lowest BCUT2D eigenvalue weighted by Gasteiger charge is -2.28. The summed E-state index contributed by atoms with van der Waals surface area (Å²) >= 11 is 0. The number of carbonyl (C=O) groups excluding carboxylic acids is 1. The molecule has 1 aliphatic rings. The molecule has 0 spiro atoms. The first-order valence-corrected chi connectivity index (χ1v) is 8.53. The molecule has 0 radical (unpaired) electrons. The van der Waals surface area contributed by atoms with Gasteiger partial charge in [-0.05, 0) is 60.3 Å². The van der Waals surface area contributed by atoms with E-state index in [9.17, 15) is 4.79 Å². The van der Waals surface area contributed by atoms with E-state index in [1.165, 1.54) is 0 Å². The molecular weight excluding hydrogens is 298 g/mol. The van der Waals surface area contributed by atoms with Crippen molar-refractivity contribution in [2.45, 2.75) is 39.7 Å². The minimum absolute atomic E-state index is 0.135. The highest BCUT2D eigenvalue weighted by Gasteiger charge is 2.26. The molecule has 2 N–H and O–H groups in total. The molecular formula is C20H33N3O. The van der Waals surface area contributed by atoms with Gasteiger partial charge in [0.2, 0.25) is 0 Å². The Kier molecular flexibility index (Phi) is 7.03. The Morgan fingerprint density at radius 2 is 2.00 bits per heavy atom. The van der Waals surface area contributed by atoms with Crippen molar-refractivity contribution in [3.63, 3.8) is 0 Å². The number of amides is 2. The molecule has 1 unspecified atom stereocenters. The third-order valence-corrected chi connectivity index (χ3v) is 4.46. The summed E-state index contributed by atoms with van der Waals surface area (Å²) in [5.74, 6) is 0. The van der Waals surface area contributed by atoms with Crippen LogP contribution in [-0.2, 0) is 0 Å². The molecule has 1 aliphatic carbocycles. The first-order valence-electron chi connectivity index (χ1n) is 8.53. The molecule has 0 aromatic rings. The number of nitrogens with one attached hydrogen (secondary N) is 2. The summed E-state index contributed by atoms with van der Waals surface area (Å²) in [6.07, 6.45) is 11.4. The molecule has 4 heteroatoms. The SMILES string of the molecule is C=C(C)C1(C)C=CC=C(C(C)(C)NC(=O)NCCCN(C)C)C=C1. The highest BCUT2D eigenvalue weighted by atomic mass is 16.2. The lowest BCUT2D eigenvalue weighted by atomic mass is 9.83. The monoisotopic (exact) mass is 331 g/mol. The minimum atomic E-state index is -0.452. The van der Waals surface area contributed by atoms with Crippen LogP contribution in [0.5, 0.6) is 0 Å². The van der Waals surface area contributed by atoms with Gasteiger partial charge in [0.25, 0.3) is 0 Å². The third-order valence-electron chi connectivity index (χ3n) is 4.46. The molecule has 0 aromatic carbocycles. The Bertz CT molecular complexity index is 555. The predicted molar refractivity (Wildman–Crippen MR) is 103 cm³/mol. The average molecular weight is 332 g/mol. The van der Waals surface area contributed by atoms with Crippen LogP contribution in [0.4, 0.5) is 4.79 Å². The number of hydrogen-bond acceptors (Lipinski definition) is 2. The van der Waals surface area contributed by atoms with Crippen LogP contribution in [0.1, 0.15) is 34.1 Å². The van der Waals surface area contributed by atoms with Crippen LogP contribution in [0.3, 0.4) is 0 Å². The zero-order chi connectivity index (χ0) is 18.4. The molecule has 0 aliphatic heterocycles. The highest BCUT2D eigenvalue weighted by molar-refractivity contribution is 5.75. The van der Waals surface area contributed by atoms with E-state index in [1.54, 1.807) is 0 Å². The topological polar surface area (TPSA) is 44.4 Å². The van der Waals surface area contributed by atoms with Crippen LogP contribution >= 0.6 is 0 Å². The maximum atomic E-state index is 12.1. The minimum Gasteiger partial charge on any atom is -0.338 e. The van der Waals surface area contributed by atoms with Gasteiger partial charge in [-0.15, -0.1) is 0 Å². The molecule has 0 heterocycles. The molecule has 2 amide bonds. The molecule has 0 bridgehead atoms. The van der Waals surface area contributed by atoms with Gasteiger partial charge in [-0.3, -0.25) is 0 Å². The smallest absolute Gasteiger partial charge is 0.315 e. The Morgan fingerprint density at radius 1 is 1.33 bits per heavy atom. The Labute approximate surface area is 147 Å². The van der Waals surface area contributed by atoms with Gasteiger partial charge in [0.15, 0.2) is 0 Å². The maximum Gasteiger partial charge on any atom is 0.315 e. The second-order valence-electron chi connectivity index (χ2n) is 7.54. The van der Waals surface area contributed by atoms with Crippen molar-refractivity contribution in [1.82, 2.24) is 15.5 Å². The standard InChI is InChI=1S/C20H33N3O/c1-16(2)20(5)12-8-10-17(11-13-20)19(3,4)22-18(24)21-14-9-15-23(6)7/h8,10-13H,1,9,14-15H2,2-7H3,(H2,21,22,24). The highest BCUT2D eigenvalue weighted by Crippen LogP contribution is 2.32. The molecule has 0 fully saturated rings. The average Bonchev–Trinajstić information content (AvgIpc) is 2.66. The fourth-order valence-corrected chi connectivity index (χ4v) is 2.42. The van der Waals surface area contributed by atoms with Crippen molar-refractivity contribution in [2.75, 3.05) is 27.2 Å². The van der Waals surface area contributed by atoms with Crippen LogP contribution in [0.25, 0.3) is 0 Å². The summed E-state index contributed by atoms with van der Waals surface area (Å²) in [6, 6.07) is -0.135. The van der Waals surface area contributed by atoms with Crippen molar-refractivity contribution < 1.29 is 4.79 Å². The largest absolute Gasteiger partial charge is 0.338 e. The summed E-state index contributed by atoms with van der Waals surface area (Å²) in [4.78, 5) is 14.3. The molecule has 24 heavy (non-hydrogen) atoms. The van der Waals surface area contributed by atoms with Crippen LogP contribution in [0.2, 0.25) is 0 Å². The Hall–Kier alpha value is -1.81. The predicted octanol–water partition coefficient (Wildman–Crippen LogP) is 3.65. The normalized spacial score (nSPS) is 20.5. The Morgan fingerprint density at radius 3 is 2.58 bits per heavy atom. The third kappa shape index (κ3) is 6.00. The number of carbonyl (C=O) groups is 1. The molecule has 4 nitrogen and oxygen atoms in total. The molecule has 134 valence electrons. The Balaban J connectivity index is 2.65. The van der Waals surface area contributed by atoms with Crippen LogP contribution in [0.15, 0.2) is 48.1 Å². The van der Waals surface area contributed by atoms with Crippen molar-refractivity contribution in [3.8, 4) is 0 Å². The molecule has 0 saturated carbocycles. The summed E-state index contributed by atoms with van der Waals surface area (Å²) in [5.41, 5.74) is 1.55. The molecule has 0 aromatic heterocycles. The van der Waals surface area contributed by atoms with E-state index in [0.717, 1.165) is 24.1 Å². The lowest BCUT2D eigenvalue weighted by Crippen LogP contribution is -2.49. The lowest BCUT2D eigenvalue weighted by molar-refractivity contribution is 0.233. The number of allylic oxidation sites excluding steroid dienone is 5. The number of urea groups is 1. The van der Waals surface area contributed by atoms with Crippen molar-refractivity contribution in [1.29, 1.82) is 0 Å². The fourth-order valence-electron chi connectivity index (χ4n) is 2.42. The number of rotatable bonds is 7. The van der Waals surface area contributed by atoms with Gasteiger partial charge in [-0.2, -0.15) is 0 Å². The maximum absolute atomic E-state index is 12.1. The summed E-state index contributed by atoms with van der Waals surface area (Å²) in [5, 5.41) is 5.98. The van der Waals surface area contributed by atoms with E-state index in [4.69, 9.17) is 0 Å². The van der Waals surface area contributed by atoms with Crippen molar-refractivity contribution in [2.24, 2.45) is 5.41 Å². The number of nitrogens with zero attached hydrogens (tertiary/aromatic N) is 1. The first kappa shape index (κ1) is 20.2. The second kappa shape index (κ2) is 8.34. The van der Waals surface area contributed by atoms with E-state index < -0.39 is 5.54 Å². The first-order chi connectivity index (χ1) is 11.1. The van der Waals surface area contributed by atoms with E-state index in [2.05, 4.69) is 53.3 Å². The van der Waals surface area contributed by atoms with Gasteiger partial charge in [0, 0.05) is 12.0 Å². The summed E-state index contributed by atoms with van der Waals surface area (Å²) in [7, 11) is 4.06. The van der Waals surface area contributed by atoms with Crippen LogP contribution in [0, 0.1) is 5.41 Å². The van der Waals surface area contributed by atoms with Crippen LogP contribution in [-0.4, -0.2) is 43.7 Å².